The van der Waals surface area contributed by atoms with Crippen molar-refractivity contribution in [2.24, 2.45) is 7.05 Å². The minimum atomic E-state index is -0.320. The van der Waals surface area contributed by atoms with Gasteiger partial charge in [0.15, 0.2) is 0 Å². The van der Waals surface area contributed by atoms with E-state index in [-0.39, 0.29) is 10.6 Å². The fraction of sp³-hybridized carbons (Fsp3) is 0.455. The van der Waals surface area contributed by atoms with Gasteiger partial charge in [-0.05, 0) is 6.92 Å². The second-order valence-corrected chi connectivity index (χ2v) is 4.12. The van der Waals surface area contributed by atoms with Gasteiger partial charge in [-0.15, -0.1) is 0 Å². The lowest BCUT2D eigenvalue weighted by Crippen LogP contribution is -2.22. The van der Waals surface area contributed by atoms with Gasteiger partial charge < -0.3 is 10.1 Å². The third kappa shape index (κ3) is 4.20. The number of nitrogens with one attached hydrogen (secondary N) is 1. The zero-order valence-electron chi connectivity index (χ0n) is 9.99. The van der Waals surface area contributed by atoms with Crippen LogP contribution in [0, 0.1) is 0 Å². The van der Waals surface area contributed by atoms with Crippen LogP contribution in [0.4, 0.5) is 5.69 Å². The highest BCUT2D eigenvalue weighted by molar-refractivity contribution is 6.32. The van der Waals surface area contributed by atoms with Gasteiger partial charge >= 0.3 is 0 Å². The molecule has 0 aliphatic carbocycles. The average Bonchev–Trinajstić information content (AvgIpc) is 2.28. The number of ether oxygens (including phenoxy) is 1. The SMILES string of the molecule is C=C(C)COCCNc1cnn(C)c(=O)c1Cl. The summed E-state index contributed by atoms with van der Waals surface area (Å²) in [6, 6.07) is 0. The summed E-state index contributed by atoms with van der Waals surface area (Å²) >= 11 is 5.87. The lowest BCUT2D eigenvalue weighted by molar-refractivity contribution is 0.167. The number of aromatic nitrogens is 2. The summed E-state index contributed by atoms with van der Waals surface area (Å²) < 4.78 is 6.49. The molecule has 1 N–H and O–H groups in total. The highest BCUT2D eigenvalue weighted by atomic mass is 35.5. The zero-order chi connectivity index (χ0) is 12.8. The first-order valence-electron chi connectivity index (χ1n) is 5.20. The van der Waals surface area contributed by atoms with Crippen LogP contribution < -0.4 is 10.9 Å². The molecule has 0 amide bonds. The van der Waals surface area contributed by atoms with Crippen molar-refractivity contribution >= 4 is 17.3 Å². The summed E-state index contributed by atoms with van der Waals surface area (Å²) in [5.74, 6) is 0. The Bertz CT molecular complexity index is 457. The molecule has 1 aromatic heterocycles. The van der Waals surface area contributed by atoms with E-state index in [1.165, 1.54) is 10.9 Å². The van der Waals surface area contributed by atoms with E-state index in [0.717, 1.165) is 5.57 Å². The first-order valence-corrected chi connectivity index (χ1v) is 5.58. The molecular weight excluding hydrogens is 242 g/mol. The molecule has 0 saturated heterocycles. The van der Waals surface area contributed by atoms with Gasteiger partial charge in [-0.25, -0.2) is 4.68 Å². The second-order valence-electron chi connectivity index (χ2n) is 3.74. The van der Waals surface area contributed by atoms with Crippen LogP contribution in [0.3, 0.4) is 0 Å². The highest BCUT2D eigenvalue weighted by Crippen LogP contribution is 2.14. The Morgan fingerprint density at radius 1 is 1.71 bits per heavy atom. The number of halogens is 1. The van der Waals surface area contributed by atoms with Crippen LogP contribution >= 0.6 is 11.6 Å². The average molecular weight is 258 g/mol. The maximum absolute atomic E-state index is 11.5. The van der Waals surface area contributed by atoms with Gasteiger partial charge in [0, 0.05) is 13.6 Å². The molecule has 0 aromatic carbocycles. The summed E-state index contributed by atoms with van der Waals surface area (Å²) in [6.45, 7) is 7.23. The maximum atomic E-state index is 11.5. The second kappa shape index (κ2) is 6.42. The van der Waals surface area contributed by atoms with Crippen LogP contribution in [0.25, 0.3) is 0 Å². The van der Waals surface area contributed by atoms with E-state index in [0.29, 0.717) is 25.4 Å². The Kier molecular flexibility index (Phi) is 5.18. The lowest BCUT2D eigenvalue weighted by Gasteiger charge is -2.08. The highest BCUT2D eigenvalue weighted by Gasteiger charge is 2.06. The molecule has 0 radical (unpaired) electrons. The predicted octanol–water partition coefficient (Wildman–Crippen LogP) is 1.44. The van der Waals surface area contributed by atoms with Gasteiger partial charge in [-0.3, -0.25) is 4.79 Å². The van der Waals surface area contributed by atoms with E-state index < -0.39 is 0 Å². The van der Waals surface area contributed by atoms with Crippen molar-refractivity contribution in [1.29, 1.82) is 0 Å². The van der Waals surface area contributed by atoms with E-state index in [9.17, 15) is 4.79 Å². The van der Waals surface area contributed by atoms with Crippen molar-refractivity contribution in [3.63, 3.8) is 0 Å². The fourth-order valence-electron chi connectivity index (χ4n) is 1.14. The molecule has 0 atom stereocenters. The molecule has 0 bridgehead atoms. The first-order chi connectivity index (χ1) is 8.02. The number of rotatable bonds is 6. The molecule has 0 aliphatic rings. The van der Waals surface area contributed by atoms with Crippen LogP contribution in [0.5, 0.6) is 0 Å². The van der Waals surface area contributed by atoms with E-state index in [1.807, 2.05) is 6.92 Å². The molecule has 1 aromatic rings. The van der Waals surface area contributed by atoms with E-state index in [4.69, 9.17) is 16.3 Å². The Balaban J connectivity index is 2.45. The van der Waals surface area contributed by atoms with Crippen molar-refractivity contribution in [3.8, 4) is 0 Å². The topological polar surface area (TPSA) is 56.1 Å². The van der Waals surface area contributed by atoms with E-state index in [2.05, 4.69) is 17.0 Å². The van der Waals surface area contributed by atoms with Gasteiger partial charge in [0.05, 0.1) is 25.1 Å². The van der Waals surface area contributed by atoms with Crippen molar-refractivity contribution in [2.75, 3.05) is 25.1 Å². The number of hydrogen-bond acceptors (Lipinski definition) is 4. The van der Waals surface area contributed by atoms with Crippen LogP contribution in [-0.2, 0) is 11.8 Å². The largest absolute Gasteiger partial charge is 0.380 e. The Morgan fingerprint density at radius 2 is 2.41 bits per heavy atom. The number of nitrogens with zero attached hydrogens (tertiary/aromatic N) is 2. The summed E-state index contributed by atoms with van der Waals surface area (Å²) in [5.41, 5.74) is 1.17. The smallest absolute Gasteiger partial charge is 0.287 e. The van der Waals surface area contributed by atoms with Crippen LogP contribution in [0.15, 0.2) is 23.1 Å². The van der Waals surface area contributed by atoms with Crippen LogP contribution in [0.2, 0.25) is 5.02 Å². The maximum Gasteiger partial charge on any atom is 0.287 e. The number of aryl methyl sites for hydroxylation is 1. The Labute approximate surface area is 105 Å². The molecule has 5 nitrogen and oxygen atoms in total. The molecule has 0 unspecified atom stereocenters. The molecule has 6 heteroatoms. The van der Waals surface area contributed by atoms with E-state index in [1.54, 1.807) is 7.05 Å². The molecule has 17 heavy (non-hydrogen) atoms. The normalized spacial score (nSPS) is 10.3. The van der Waals surface area contributed by atoms with Crippen molar-refractivity contribution in [1.82, 2.24) is 9.78 Å². The molecule has 0 saturated carbocycles. The Hall–Kier alpha value is -1.33. The Morgan fingerprint density at radius 3 is 3.06 bits per heavy atom. The molecule has 1 rings (SSSR count). The monoisotopic (exact) mass is 257 g/mol. The zero-order valence-corrected chi connectivity index (χ0v) is 10.8. The summed E-state index contributed by atoms with van der Waals surface area (Å²) in [4.78, 5) is 11.5. The fourth-order valence-corrected chi connectivity index (χ4v) is 1.38. The number of hydrogen-bond donors (Lipinski definition) is 1. The molecule has 94 valence electrons. The summed E-state index contributed by atoms with van der Waals surface area (Å²) in [5, 5.41) is 7.00. The standard InChI is InChI=1S/C11H16ClN3O2/c1-8(2)7-17-5-4-13-9-6-14-15(3)11(16)10(9)12/h6,13H,1,4-5,7H2,2-3H3. The van der Waals surface area contributed by atoms with Crippen molar-refractivity contribution in [3.05, 3.63) is 33.7 Å². The molecular formula is C11H16ClN3O2. The third-order valence-corrected chi connectivity index (χ3v) is 2.35. The predicted molar refractivity (Wildman–Crippen MR) is 68.6 cm³/mol. The van der Waals surface area contributed by atoms with Crippen molar-refractivity contribution < 1.29 is 4.74 Å². The van der Waals surface area contributed by atoms with Gasteiger partial charge in [0.2, 0.25) is 0 Å². The van der Waals surface area contributed by atoms with Gasteiger partial charge in [0.25, 0.3) is 5.56 Å². The minimum Gasteiger partial charge on any atom is -0.380 e. The third-order valence-electron chi connectivity index (χ3n) is 1.99. The van der Waals surface area contributed by atoms with E-state index >= 15 is 0 Å². The van der Waals surface area contributed by atoms with Crippen molar-refractivity contribution in [2.45, 2.75) is 6.92 Å². The quantitative estimate of drug-likeness (QED) is 0.619. The molecule has 1 heterocycles. The summed E-state index contributed by atoms with van der Waals surface area (Å²) in [6.07, 6.45) is 1.52. The summed E-state index contributed by atoms with van der Waals surface area (Å²) in [7, 11) is 1.55. The van der Waals surface area contributed by atoms with Crippen LogP contribution in [0.1, 0.15) is 6.92 Å². The molecule has 0 spiro atoms. The van der Waals surface area contributed by atoms with Crippen LogP contribution in [-0.4, -0.2) is 29.5 Å². The van der Waals surface area contributed by atoms with Gasteiger partial charge in [-0.2, -0.15) is 5.10 Å². The molecule has 0 aliphatic heterocycles. The molecule has 0 fully saturated rings. The minimum absolute atomic E-state index is 0.141. The van der Waals surface area contributed by atoms with Gasteiger partial charge in [0.1, 0.15) is 5.02 Å². The van der Waals surface area contributed by atoms with Gasteiger partial charge in [-0.1, -0.05) is 23.8 Å². The number of anilines is 1. The first kappa shape index (κ1) is 13.7. The lowest BCUT2D eigenvalue weighted by atomic mass is 10.4.